The summed E-state index contributed by atoms with van der Waals surface area (Å²) in [7, 11) is 0. The molecule has 0 unspecified atom stereocenters. The van der Waals surface area contributed by atoms with Crippen LogP contribution in [0.15, 0.2) is 48.5 Å². The molecule has 154 valence electrons. The highest BCUT2D eigenvalue weighted by atomic mass is 19.1. The number of carbonyl (C=O) groups excluding carboxylic acids is 1. The maximum absolute atomic E-state index is 13.1. The van der Waals surface area contributed by atoms with E-state index in [1.807, 2.05) is 18.2 Å². The van der Waals surface area contributed by atoms with E-state index in [4.69, 9.17) is 9.47 Å². The first kappa shape index (κ1) is 19.7. The van der Waals surface area contributed by atoms with Crippen LogP contribution in [-0.2, 0) is 10.3 Å². The number of benzene rings is 2. The van der Waals surface area contributed by atoms with E-state index in [-0.39, 0.29) is 31.0 Å². The van der Waals surface area contributed by atoms with E-state index in [0.717, 1.165) is 25.9 Å². The molecule has 29 heavy (non-hydrogen) atoms. The number of carbonyl (C=O) groups is 1. The predicted molar refractivity (Wildman–Crippen MR) is 106 cm³/mol. The summed E-state index contributed by atoms with van der Waals surface area (Å²) in [6, 6.07) is 12.6. The number of halogens is 1. The Kier molecular flexibility index (Phi) is 5.69. The lowest BCUT2D eigenvalue weighted by atomic mass is 9.86. The minimum absolute atomic E-state index is 0.0774. The highest BCUT2D eigenvalue weighted by molar-refractivity contribution is 5.91. The van der Waals surface area contributed by atoms with Crippen molar-refractivity contribution in [1.29, 1.82) is 0 Å². The molecule has 0 spiro atoms. The summed E-state index contributed by atoms with van der Waals surface area (Å²) < 4.78 is 24.7. The number of nitrogens with one attached hydrogen (secondary N) is 1. The highest BCUT2D eigenvalue weighted by Gasteiger charge is 2.45. The maximum Gasteiger partial charge on any atom is 0.322 e. The van der Waals surface area contributed by atoms with Gasteiger partial charge in [0.2, 0.25) is 0 Å². The van der Waals surface area contributed by atoms with Crippen molar-refractivity contribution in [3.05, 3.63) is 59.9 Å². The molecule has 0 aromatic heterocycles. The smallest absolute Gasteiger partial charge is 0.322 e. The number of β-amino-alcohol motifs (C(OH)–C–C–N with tert-alkyl or cyclic N) is 1. The summed E-state index contributed by atoms with van der Waals surface area (Å²) in [5.74, 6) is 0.228. The molecule has 0 bridgehead atoms. The van der Waals surface area contributed by atoms with Crippen molar-refractivity contribution in [3.8, 4) is 5.75 Å². The number of amides is 2. The van der Waals surface area contributed by atoms with Crippen LogP contribution in [0.4, 0.5) is 14.9 Å². The second kappa shape index (κ2) is 8.39. The zero-order valence-corrected chi connectivity index (χ0v) is 16.1. The van der Waals surface area contributed by atoms with Crippen LogP contribution >= 0.6 is 0 Å². The third-order valence-electron chi connectivity index (χ3n) is 5.40. The molecule has 6 nitrogen and oxygen atoms in total. The van der Waals surface area contributed by atoms with E-state index in [2.05, 4.69) is 5.32 Å². The van der Waals surface area contributed by atoms with Gasteiger partial charge in [0.15, 0.2) is 0 Å². The second-order valence-corrected chi connectivity index (χ2v) is 7.62. The van der Waals surface area contributed by atoms with Gasteiger partial charge < -0.3 is 24.8 Å². The molecule has 4 rings (SSSR count). The molecule has 2 amide bonds. The number of rotatable bonds is 5. The van der Waals surface area contributed by atoms with Gasteiger partial charge in [-0.2, -0.15) is 0 Å². The average molecular weight is 400 g/mol. The van der Waals surface area contributed by atoms with E-state index in [9.17, 15) is 14.3 Å². The van der Waals surface area contributed by atoms with Crippen LogP contribution in [0.5, 0.6) is 5.75 Å². The van der Waals surface area contributed by atoms with Crippen molar-refractivity contribution < 1.29 is 23.8 Å². The number of aliphatic hydroxyl groups is 1. The highest BCUT2D eigenvalue weighted by Crippen LogP contribution is 2.33. The SMILES string of the molecule is O=C(Nc1ccccc1OC[C@H]1CCCCO1)N1CC(O)(c2ccc(F)cc2)C1. The van der Waals surface area contributed by atoms with Crippen molar-refractivity contribution in [2.45, 2.75) is 31.0 Å². The minimum atomic E-state index is -1.15. The Labute approximate surface area is 169 Å². The number of hydrogen-bond donors (Lipinski definition) is 2. The Morgan fingerprint density at radius 2 is 1.97 bits per heavy atom. The number of ether oxygens (including phenoxy) is 2. The third-order valence-corrected chi connectivity index (χ3v) is 5.40. The van der Waals surface area contributed by atoms with E-state index in [1.54, 1.807) is 18.2 Å². The fraction of sp³-hybridized carbons (Fsp3) is 0.409. The lowest BCUT2D eigenvalue weighted by Crippen LogP contribution is -2.62. The van der Waals surface area contributed by atoms with Gasteiger partial charge in [0, 0.05) is 6.61 Å². The van der Waals surface area contributed by atoms with Crippen molar-refractivity contribution in [1.82, 2.24) is 4.90 Å². The fourth-order valence-electron chi connectivity index (χ4n) is 3.68. The average Bonchev–Trinajstić information content (AvgIpc) is 2.72. The molecule has 0 aliphatic carbocycles. The summed E-state index contributed by atoms with van der Waals surface area (Å²) >= 11 is 0. The van der Waals surface area contributed by atoms with Crippen LogP contribution in [-0.4, -0.2) is 48.4 Å². The van der Waals surface area contributed by atoms with Crippen LogP contribution in [0.2, 0.25) is 0 Å². The lowest BCUT2D eigenvalue weighted by Gasteiger charge is -2.46. The number of para-hydroxylation sites is 2. The van der Waals surface area contributed by atoms with Gasteiger partial charge in [-0.1, -0.05) is 24.3 Å². The molecule has 2 heterocycles. The van der Waals surface area contributed by atoms with Crippen LogP contribution in [0.25, 0.3) is 0 Å². The van der Waals surface area contributed by atoms with Crippen molar-refractivity contribution in [2.75, 3.05) is 31.6 Å². The van der Waals surface area contributed by atoms with Gasteiger partial charge in [0.05, 0.1) is 24.9 Å². The predicted octanol–water partition coefficient (Wildman–Crippen LogP) is 3.51. The van der Waals surface area contributed by atoms with Gasteiger partial charge in [-0.25, -0.2) is 9.18 Å². The van der Waals surface area contributed by atoms with Gasteiger partial charge in [-0.05, 0) is 49.1 Å². The largest absolute Gasteiger partial charge is 0.489 e. The van der Waals surface area contributed by atoms with Gasteiger partial charge in [-0.3, -0.25) is 0 Å². The Morgan fingerprint density at radius 1 is 1.21 bits per heavy atom. The molecule has 0 radical (unpaired) electrons. The molecule has 0 saturated carbocycles. The number of likely N-dealkylation sites (tertiary alicyclic amines) is 1. The van der Waals surface area contributed by atoms with E-state index in [0.29, 0.717) is 23.6 Å². The van der Waals surface area contributed by atoms with Gasteiger partial charge in [-0.15, -0.1) is 0 Å². The molecule has 1 atom stereocenters. The molecular formula is C22H25FN2O4. The van der Waals surface area contributed by atoms with Crippen LogP contribution in [0.1, 0.15) is 24.8 Å². The van der Waals surface area contributed by atoms with Crippen molar-refractivity contribution in [3.63, 3.8) is 0 Å². The molecule has 2 aliphatic heterocycles. The summed E-state index contributed by atoms with van der Waals surface area (Å²) in [5, 5.41) is 13.5. The first-order valence-corrected chi connectivity index (χ1v) is 9.91. The summed E-state index contributed by atoms with van der Waals surface area (Å²) in [4.78, 5) is 14.1. The Balaban J connectivity index is 1.34. The zero-order chi connectivity index (χ0) is 20.3. The fourth-order valence-corrected chi connectivity index (χ4v) is 3.68. The van der Waals surface area contributed by atoms with Crippen LogP contribution in [0, 0.1) is 5.82 Å². The summed E-state index contributed by atoms with van der Waals surface area (Å²) in [6.07, 6.45) is 3.28. The molecular weight excluding hydrogens is 375 g/mol. The molecule has 7 heteroatoms. The molecule has 2 saturated heterocycles. The van der Waals surface area contributed by atoms with Crippen molar-refractivity contribution >= 4 is 11.7 Å². The van der Waals surface area contributed by atoms with Gasteiger partial charge >= 0.3 is 6.03 Å². The van der Waals surface area contributed by atoms with E-state index in [1.165, 1.54) is 17.0 Å². The topological polar surface area (TPSA) is 71.0 Å². The second-order valence-electron chi connectivity index (χ2n) is 7.62. The Bertz CT molecular complexity index is 846. The van der Waals surface area contributed by atoms with Gasteiger partial charge in [0.1, 0.15) is 23.8 Å². The minimum Gasteiger partial charge on any atom is -0.489 e. The molecule has 2 aliphatic rings. The quantitative estimate of drug-likeness (QED) is 0.806. The first-order chi connectivity index (χ1) is 14.0. The Morgan fingerprint density at radius 3 is 2.69 bits per heavy atom. The lowest BCUT2D eigenvalue weighted by molar-refractivity contribution is -0.0793. The normalized spacial score (nSPS) is 20.6. The number of urea groups is 1. The maximum atomic E-state index is 13.1. The standard InChI is InChI=1S/C22H25FN2O4/c23-17-10-8-16(9-11-17)22(27)14-25(15-22)21(26)24-19-6-1-2-7-20(19)29-13-18-5-3-4-12-28-18/h1-2,6-11,18,27H,3-5,12-15H2,(H,24,26)/t18-/m1/s1. The number of anilines is 1. The van der Waals surface area contributed by atoms with Crippen LogP contribution in [0.3, 0.4) is 0 Å². The summed E-state index contributed by atoms with van der Waals surface area (Å²) in [5.41, 5.74) is 0.0176. The summed E-state index contributed by atoms with van der Waals surface area (Å²) in [6.45, 7) is 1.49. The molecule has 2 aromatic rings. The van der Waals surface area contributed by atoms with Crippen LogP contribution < -0.4 is 10.1 Å². The zero-order valence-electron chi connectivity index (χ0n) is 16.1. The van der Waals surface area contributed by atoms with E-state index >= 15 is 0 Å². The molecule has 2 aromatic carbocycles. The number of hydrogen-bond acceptors (Lipinski definition) is 4. The third kappa shape index (κ3) is 4.52. The first-order valence-electron chi connectivity index (χ1n) is 9.91. The molecule has 2 fully saturated rings. The monoisotopic (exact) mass is 400 g/mol. The molecule has 2 N–H and O–H groups in total. The van der Waals surface area contributed by atoms with E-state index < -0.39 is 5.60 Å². The van der Waals surface area contributed by atoms with Crippen molar-refractivity contribution in [2.24, 2.45) is 0 Å². The number of nitrogens with zero attached hydrogens (tertiary/aromatic N) is 1. The Hall–Kier alpha value is -2.64. The van der Waals surface area contributed by atoms with Gasteiger partial charge in [0.25, 0.3) is 0 Å².